The van der Waals surface area contributed by atoms with E-state index in [4.69, 9.17) is 4.74 Å². The number of aryl methyl sites for hydroxylation is 1. The number of nitrogens with zero attached hydrogens (tertiary/aromatic N) is 2. The Kier molecular flexibility index (Phi) is 7.83. The fourth-order valence-electron chi connectivity index (χ4n) is 4.93. The number of carbonyl (C=O) groups is 1. The minimum absolute atomic E-state index is 0.00362. The number of allylic oxidation sites excluding steroid dienone is 2. The van der Waals surface area contributed by atoms with Gasteiger partial charge in [0.15, 0.2) is 17.4 Å². The maximum Gasteiger partial charge on any atom is 0.258 e. The first-order valence-corrected chi connectivity index (χ1v) is 13.1. The molecule has 0 bridgehead atoms. The van der Waals surface area contributed by atoms with Crippen molar-refractivity contribution in [2.24, 2.45) is 10.9 Å². The van der Waals surface area contributed by atoms with Crippen LogP contribution in [0.5, 0.6) is 5.75 Å². The highest BCUT2D eigenvalue weighted by atomic mass is 19.1. The van der Waals surface area contributed by atoms with E-state index < -0.39 is 29.3 Å². The van der Waals surface area contributed by atoms with Crippen molar-refractivity contribution in [3.63, 3.8) is 0 Å². The van der Waals surface area contributed by atoms with Crippen molar-refractivity contribution in [2.45, 2.75) is 20.3 Å². The molecular formula is C29H31F3N6O2. The largest absolute Gasteiger partial charge is 0.457 e. The molecule has 2 aromatic carbocycles. The predicted molar refractivity (Wildman–Crippen MR) is 150 cm³/mol. The van der Waals surface area contributed by atoms with Crippen LogP contribution < -0.4 is 25.6 Å². The summed E-state index contributed by atoms with van der Waals surface area (Å²) in [6.07, 6.45) is 3.75. The number of ether oxygens (including phenoxy) is 1. The van der Waals surface area contributed by atoms with E-state index in [2.05, 4.69) is 25.9 Å². The fraction of sp³-hybridized carbons (Fsp3) is 0.310. The van der Waals surface area contributed by atoms with Crippen LogP contribution in [0.1, 0.15) is 19.0 Å². The van der Waals surface area contributed by atoms with Crippen molar-refractivity contribution < 1.29 is 22.7 Å². The Morgan fingerprint density at radius 3 is 2.62 bits per heavy atom. The highest BCUT2D eigenvalue weighted by molar-refractivity contribution is 6.25. The van der Waals surface area contributed by atoms with Gasteiger partial charge in [0.1, 0.15) is 23.0 Å². The molecule has 4 N–H and O–H groups in total. The monoisotopic (exact) mass is 552 g/mol. The third-order valence-corrected chi connectivity index (χ3v) is 6.97. The predicted octanol–water partition coefficient (Wildman–Crippen LogP) is 4.75. The van der Waals surface area contributed by atoms with Gasteiger partial charge in [-0.2, -0.15) is 0 Å². The lowest BCUT2D eigenvalue weighted by atomic mass is 9.98. The van der Waals surface area contributed by atoms with E-state index in [9.17, 15) is 9.18 Å². The van der Waals surface area contributed by atoms with Gasteiger partial charge in [-0.05, 0) is 37.6 Å². The Balaban J connectivity index is 1.55. The Morgan fingerprint density at radius 2 is 1.90 bits per heavy atom. The number of piperazine rings is 1. The van der Waals surface area contributed by atoms with Crippen molar-refractivity contribution in [1.29, 1.82) is 0 Å². The number of H-pyrrole nitrogens is 1. The number of carbonyl (C=O) groups excluding carboxylic acids is 1. The molecule has 0 saturated carbocycles. The lowest BCUT2D eigenvalue weighted by molar-refractivity contribution is -0.116. The number of nitrogens with one attached hydrogen (secondary N) is 4. The van der Waals surface area contributed by atoms with Crippen molar-refractivity contribution in [3.8, 4) is 5.75 Å². The first-order valence-electron chi connectivity index (χ1n) is 13.1. The van der Waals surface area contributed by atoms with Gasteiger partial charge in [-0.25, -0.2) is 18.2 Å². The Bertz CT molecular complexity index is 1540. The minimum atomic E-state index is -0.758. The molecule has 1 fully saturated rings. The highest BCUT2D eigenvalue weighted by Crippen LogP contribution is 2.34. The second-order valence-electron chi connectivity index (χ2n) is 9.86. The summed E-state index contributed by atoms with van der Waals surface area (Å²) in [6, 6.07) is 7.17. The number of aromatic amines is 1. The normalized spacial score (nSPS) is 21.8. The van der Waals surface area contributed by atoms with Crippen LogP contribution in [0.3, 0.4) is 0 Å². The number of halogens is 3. The SMILES string of the molecule is CNC(=O)C1=C(\Oc2cc(F)c3[nH]c(C)cc3c2F)C(C)C/C=C/N=C\1Nc1ccc(N2CCNCC2)c(F)c1. The molecule has 0 radical (unpaired) electrons. The summed E-state index contributed by atoms with van der Waals surface area (Å²) in [5.74, 6) is -3.02. The molecule has 1 aromatic heterocycles. The molecule has 11 heteroatoms. The maximum absolute atomic E-state index is 15.5. The van der Waals surface area contributed by atoms with Gasteiger partial charge in [0.25, 0.3) is 5.91 Å². The van der Waals surface area contributed by atoms with Crippen LogP contribution >= 0.6 is 0 Å². The number of likely N-dealkylation sites (N-methyl/N-ethyl adjacent to an activating group) is 1. The molecule has 1 unspecified atom stereocenters. The summed E-state index contributed by atoms with van der Waals surface area (Å²) in [5, 5.41) is 8.90. The zero-order valence-electron chi connectivity index (χ0n) is 22.5. The van der Waals surface area contributed by atoms with Gasteiger partial charge in [0.05, 0.1) is 11.2 Å². The molecule has 8 nitrogen and oxygen atoms in total. The number of hydrogen-bond donors (Lipinski definition) is 4. The summed E-state index contributed by atoms with van der Waals surface area (Å²) < 4.78 is 51.5. The van der Waals surface area contributed by atoms with Crippen molar-refractivity contribution >= 4 is 34.0 Å². The van der Waals surface area contributed by atoms with Gasteiger partial charge in [-0.1, -0.05) is 13.0 Å². The van der Waals surface area contributed by atoms with E-state index in [1.807, 2.05) is 4.90 Å². The van der Waals surface area contributed by atoms with Crippen LogP contribution in [-0.2, 0) is 4.79 Å². The molecule has 3 heterocycles. The highest BCUT2D eigenvalue weighted by Gasteiger charge is 2.29. The number of aliphatic imine (C=N–C) groups is 1. The molecule has 210 valence electrons. The Labute approximate surface area is 230 Å². The second kappa shape index (κ2) is 11.5. The van der Waals surface area contributed by atoms with Gasteiger partial charge in [0.2, 0.25) is 0 Å². The van der Waals surface area contributed by atoms with Crippen LogP contribution in [0.25, 0.3) is 10.9 Å². The molecule has 1 saturated heterocycles. The topological polar surface area (TPSA) is 93.8 Å². The summed E-state index contributed by atoms with van der Waals surface area (Å²) in [5.41, 5.74) is 1.47. The third kappa shape index (κ3) is 5.42. The quantitative estimate of drug-likeness (QED) is 0.367. The third-order valence-electron chi connectivity index (χ3n) is 6.97. The molecule has 1 atom stereocenters. The molecule has 0 spiro atoms. The first-order chi connectivity index (χ1) is 19.3. The zero-order chi connectivity index (χ0) is 28.4. The lowest BCUT2D eigenvalue weighted by Gasteiger charge is -2.30. The van der Waals surface area contributed by atoms with Gasteiger partial charge >= 0.3 is 0 Å². The van der Waals surface area contributed by atoms with Crippen molar-refractivity contribution in [3.05, 3.63) is 77.1 Å². The standard InChI is InChI=1S/C29H31F3N6O2/c1-16-5-4-8-35-28(37-18-6-7-22(20(30)14-18)38-11-9-34-10-12-38)24(29(39)33-3)27(16)40-23-15-21(31)26-19(25(23)32)13-17(2)36-26/h4,6-8,13-16,34,36H,5,9-12H2,1-3H3,(H,33,39)(H,35,37)/b8-4+,27-24-. The second-order valence-corrected chi connectivity index (χ2v) is 9.86. The van der Waals surface area contributed by atoms with Crippen LogP contribution in [0, 0.1) is 30.3 Å². The van der Waals surface area contributed by atoms with Gasteiger partial charge in [-0.15, -0.1) is 0 Å². The Hall–Kier alpha value is -4.25. The van der Waals surface area contributed by atoms with Gasteiger partial charge < -0.3 is 30.6 Å². The minimum Gasteiger partial charge on any atom is -0.457 e. The van der Waals surface area contributed by atoms with Crippen molar-refractivity contribution in [2.75, 3.05) is 43.4 Å². The zero-order valence-corrected chi connectivity index (χ0v) is 22.5. The molecule has 2 aliphatic rings. The van der Waals surface area contributed by atoms with Crippen LogP contribution in [0.2, 0.25) is 0 Å². The average Bonchev–Trinajstić information content (AvgIpc) is 3.35. The molecule has 3 aromatic rings. The molecule has 0 aliphatic carbocycles. The molecule has 40 heavy (non-hydrogen) atoms. The molecule has 5 rings (SSSR count). The van der Waals surface area contributed by atoms with Gasteiger partial charge in [0, 0.05) is 68.2 Å². The number of aromatic nitrogens is 1. The fourth-order valence-corrected chi connectivity index (χ4v) is 4.93. The van der Waals surface area contributed by atoms with E-state index in [0.717, 1.165) is 19.2 Å². The smallest absolute Gasteiger partial charge is 0.258 e. The number of benzene rings is 2. The number of rotatable bonds is 5. The summed E-state index contributed by atoms with van der Waals surface area (Å²) in [4.78, 5) is 22.4. The number of anilines is 2. The van der Waals surface area contributed by atoms with Crippen LogP contribution in [0.15, 0.2) is 58.9 Å². The van der Waals surface area contributed by atoms with E-state index in [-0.39, 0.29) is 33.8 Å². The average molecular weight is 553 g/mol. The summed E-state index contributed by atoms with van der Waals surface area (Å²) in [6.45, 7) is 6.42. The number of amides is 1. The van der Waals surface area contributed by atoms with Gasteiger partial charge in [-0.3, -0.25) is 4.79 Å². The molecular weight excluding hydrogens is 521 g/mol. The molecule has 1 amide bonds. The number of hydrogen-bond acceptors (Lipinski definition) is 6. The van der Waals surface area contributed by atoms with E-state index >= 15 is 8.78 Å². The molecule has 2 aliphatic heterocycles. The number of fused-ring (bicyclic) bond motifs is 1. The van der Waals surface area contributed by atoms with E-state index in [1.165, 1.54) is 19.2 Å². The Morgan fingerprint density at radius 1 is 1.12 bits per heavy atom. The van der Waals surface area contributed by atoms with Crippen molar-refractivity contribution in [1.82, 2.24) is 15.6 Å². The summed E-state index contributed by atoms with van der Waals surface area (Å²) in [7, 11) is 1.45. The van der Waals surface area contributed by atoms with E-state index in [0.29, 0.717) is 36.6 Å². The maximum atomic E-state index is 15.5. The first kappa shape index (κ1) is 27.3. The lowest BCUT2D eigenvalue weighted by Crippen LogP contribution is -2.43. The summed E-state index contributed by atoms with van der Waals surface area (Å²) >= 11 is 0. The van der Waals surface area contributed by atoms with Crippen LogP contribution in [-0.4, -0.2) is 50.0 Å². The van der Waals surface area contributed by atoms with Crippen LogP contribution in [0.4, 0.5) is 24.5 Å². The number of amidine groups is 1. The van der Waals surface area contributed by atoms with E-state index in [1.54, 1.807) is 38.3 Å².